The highest BCUT2D eigenvalue weighted by Gasteiger charge is 2.09. The minimum atomic E-state index is -0.241. The van der Waals surface area contributed by atoms with Crippen molar-refractivity contribution in [2.75, 3.05) is 0 Å². The molecule has 0 amide bonds. The summed E-state index contributed by atoms with van der Waals surface area (Å²) in [5.41, 5.74) is 0.614. The van der Waals surface area contributed by atoms with Crippen molar-refractivity contribution in [2.45, 2.75) is 146 Å². The molecule has 0 aliphatic carbocycles. The fraction of sp³-hybridized carbons (Fsp3) is 0.688. The van der Waals surface area contributed by atoms with Crippen molar-refractivity contribution in [3.8, 4) is 0 Å². The van der Waals surface area contributed by atoms with Gasteiger partial charge in [0.25, 0.3) is 0 Å². The first-order valence-electron chi connectivity index (χ1n) is 14.6. The van der Waals surface area contributed by atoms with Gasteiger partial charge in [-0.05, 0) is 71.9 Å². The quantitative estimate of drug-likeness (QED) is 0.185. The van der Waals surface area contributed by atoms with Crippen LogP contribution in [0.5, 0.6) is 0 Å². The van der Waals surface area contributed by atoms with Gasteiger partial charge in [0, 0.05) is 19.8 Å². The number of carbonyl (C=O) groups excluding carboxylic acids is 4. The van der Waals surface area contributed by atoms with Crippen LogP contribution in [-0.2, 0) is 33.3 Å². The molecular weight excluding hydrogens is 512 g/mol. The Balaban J connectivity index is -0.000000466. The van der Waals surface area contributed by atoms with Gasteiger partial charge in [0.2, 0.25) is 0 Å². The van der Waals surface area contributed by atoms with Crippen LogP contribution in [0.15, 0.2) is 30.3 Å². The van der Waals surface area contributed by atoms with Gasteiger partial charge in [-0.3, -0.25) is 14.4 Å². The molecule has 0 saturated heterocycles. The van der Waals surface area contributed by atoms with E-state index in [9.17, 15) is 19.2 Å². The van der Waals surface area contributed by atoms with Gasteiger partial charge >= 0.3 is 23.9 Å². The predicted molar refractivity (Wildman–Crippen MR) is 160 cm³/mol. The summed E-state index contributed by atoms with van der Waals surface area (Å²) in [7, 11) is 0. The van der Waals surface area contributed by atoms with Crippen molar-refractivity contribution in [1.82, 2.24) is 0 Å². The zero-order chi connectivity index (χ0) is 31.5. The van der Waals surface area contributed by atoms with Gasteiger partial charge in [-0.25, -0.2) is 4.79 Å². The van der Waals surface area contributed by atoms with Crippen LogP contribution in [0.1, 0.15) is 131 Å². The molecule has 8 heteroatoms. The normalized spacial score (nSPS) is 12.6. The first-order valence-corrected chi connectivity index (χ1v) is 14.6. The molecule has 1 aromatic rings. The third kappa shape index (κ3) is 28.1. The van der Waals surface area contributed by atoms with Crippen molar-refractivity contribution in [2.24, 2.45) is 0 Å². The van der Waals surface area contributed by atoms with Gasteiger partial charge in [-0.2, -0.15) is 0 Å². The van der Waals surface area contributed by atoms with Crippen LogP contribution in [0.4, 0.5) is 0 Å². The highest BCUT2D eigenvalue weighted by atomic mass is 16.6. The zero-order valence-corrected chi connectivity index (χ0v) is 26.9. The molecule has 0 heterocycles. The summed E-state index contributed by atoms with van der Waals surface area (Å²) in [4.78, 5) is 42.9. The van der Waals surface area contributed by atoms with E-state index >= 15 is 0 Å². The summed E-state index contributed by atoms with van der Waals surface area (Å²) < 4.78 is 19.8. The molecule has 0 bridgehead atoms. The van der Waals surface area contributed by atoms with E-state index in [1.165, 1.54) is 6.92 Å². The fourth-order valence-corrected chi connectivity index (χ4v) is 2.24. The number of carbonyl (C=O) groups is 4. The van der Waals surface area contributed by atoms with Gasteiger partial charge in [0.15, 0.2) is 0 Å². The van der Waals surface area contributed by atoms with E-state index in [0.717, 1.165) is 32.1 Å². The Morgan fingerprint density at radius 2 is 1.00 bits per heavy atom. The summed E-state index contributed by atoms with van der Waals surface area (Å²) in [5.74, 6) is -0.615. The van der Waals surface area contributed by atoms with Crippen LogP contribution >= 0.6 is 0 Å². The second-order valence-corrected chi connectivity index (χ2v) is 9.34. The third-order valence-electron chi connectivity index (χ3n) is 5.39. The van der Waals surface area contributed by atoms with Crippen LogP contribution in [0, 0.1) is 0 Å². The lowest BCUT2D eigenvalue weighted by Crippen LogP contribution is -2.13. The molecule has 4 atom stereocenters. The maximum absolute atomic E-state index is 11.4. The second kappa shape index (κ2) is 27.7. The molecule has 232 valence electrons. The molecule has 1 aromatic carbocycles. The van der Waals surface area contributed by atoms with Crippen molar-refractivity contribution in [3.05, 3.63) is 35.9 Å². The van der Waals surface area contributed by atoms with Crippen LogP contribution in [0.2, 0.25) is 0 Å². The maximum Gasteiger partial charge on any atom is 0.338 e. The molecule has 0 aromatic heterocycles. The lowest BCUT2D eigenvalue weighted by molar-refractivity contribution is -0.149. The number of ether oxygens (including phenoxy) is 4. The van der Waals surface area contributed by atoms with Gasteiger partial charge in [0.1, 0.15) is 0 Å². The summed E-state index contributed by atoms with van der Waals surface area (Å²) in [6, 6.07) is 9.04. The second-order valence-electron chi connectivity index (χ2n) is 9.34. The van der Waals surface area contributed by atoms with E-state index < -0.39 is 0 Å². The smallest absolute Gasteiger partial charge is 0.338 e. The van der Waals surface area contributed by atoms with Gasteiger partial charge in [-0.15, -0.1) is 0 Å². The maximum atomic E-state index is 11.4. The molecule has 40 heavy (non-hydrogen) atoms. The van der Waals surface area contributed by atoms with E-state index in [1.807, 2.05) is 80.5 Å². The largest absolute Gasteiger partial charge is 0.463 e. The van der Waals surface area contributed by atoms with Crippen LogP contribution in [0.3, 0.4) is 0 Å². The topological polar surface area (TPSA) is 105 Å². The Labute approximate surface area is 243 Å². The SMILES string of the molecule is CCC(=O)OC(C)CC.CCC(C)OC(=O)c1ccccc1.CCC(C)OC(C)=O.CCCC(=O)OC(C)CC. The van der Waals surface area contributed by atoms with Crippen LogP contribution < -0.4 is 0 Å². The van der Waals surface area contributed by atoms with E-state index in [2.05, 4.69) is 0 Å². The number of benzene rings is 1. The fourth-order valence-electron chi connectivity index (χ4n) is 2.24. The first-order chi connectivity index (χ1) is 18.8. The lowest BCUT2D eigenvalue weighted by atomic mass is 10.2. The molecule has 0 spiro atoms. The predicted octanol–water partition coefficient (Wildman–Crippen LogP) is 7.86. The molecule has 0 radical (unpaired) electrons. The summed E-state index contributed by atoms with van der Waals surface area (Å²) in [6.07, 6.45) is 5.65. The zero-order valence-electron chi connectivity index (χ0n) is 26.9. The Hall–Kier alpha value is -2.90. The summed E-state index contributed by atoms with van der Waals surface area (Å²) in [6.45, 7) is 20.7. The molecule has 4 unspecified atom stereocenters. The van der Waals surface area contributed by atoms with E-state index in [1.54, 1.807) is 19.1 Å². The van der Waals surface area contributed by atoms with Crippen molar-refractivity contribution < 1.29 is 38.1 Å². The average Bonchev–Trinajstić information content (AvgIpc) is 2.93. The van der Waals surface area contributed by atoms with Gasteiger partial charge in [-0.1, -0.05) is 59.7 Å². The average molecular weight is 569 g/mol. The van der Waals surface area contributed by atoms with Gasteiger partial charge < -0.3 is 18.9 Å². The Morgan fingerprint density at radius 1 is 0.600 bits per heavy atom. The third-order valence-corrected chi connectivity index (χ3v) is 5.39. The number of hydrogen-bond donors (Lipinski definition) is 0. The molecule has 0 N–H and O–H groups in total. The Bertz CT molecular complexity index is 778. The molecule has 0 saturated carbocycles. The minimum absolute atomic E-state index is 0.00675. The highest BCUT2D eigenvalue weighted by Crippen LogP contribution is 2.05. The van der Waals surface area contributed by atoms with Crippen LogP contribution in [0.25, 0.3) is 0 Å². The Morgan fingerprint density at radius 3 is 1.35 bits per heavy atom. The Kier molecular flexibility index (Phi) is 28.8. The van der Waals surface area contributed by atoms with Crippen molar-refractivity contribution >= 4 is 23.9 Å². The van der Waals surface area contributed by atoms with Crippen molar-refractivity contribution in [1.29, 1.82) is 0 Å². The first kappa shape index (κ1) is 41.6. The van der Waals surface area contributed by atoms with Crippen molar-refractivity contribution in [3.63, 3.8) is 0 Å². The molecule has 0 fully saturated rings. The molecular formula is C32H56O8. The summed E-state index contributed by atoms with van der Waals surface area (Å²) in [5, 5.41) is 0. The van der Waals surface area contributed by atoms with E-state index in [-0.39, 0.29) is 48.3 Å². The number of esters is 4. The standard InChI is InChI=1S/C11H14O2.C8H16O2.C7H14O2.C6H12O2/c1-3-9(2)13-11(12)10-7-5-4-6-8-10;1-4-6-8(9)10-7(3)5-2;1-4-6(3)9-7(8)5-2;1-4-5(2)8-6(3)7/h4-9H,3H2,1-2H3;7H,4-6H2,1-3H3;6H,4-5H2,1-3H3;5H,4H2,1-3H3. The van der Waals surface area contributed by atoms with Crippen LogP contribution in [-0.4, -0.2) is 48.3 Å². The molecule has 8 nitrogen and oxygen atoms in total. The molecule has 1 rings (SSSR count). The minimum Gasteiger partial charge on any atom is -0.463 e. The highest BCUT2D eigenvalue weighted by molar-refractivity contribution is 5.89. The molecule has 0 aliphatic rings. The number of rotatable bonds is 12. The lowest BCUT2D eigenvalue weighted by Gasteiger charge is -2.10. The van der Waals surface area contributed by atoms with E-state index in [4.69, 9.17) is 18.9 Å². The summed E-state index contributed by atoms with van der Waals surface area (Å²) >= 11 is 0. The van der Waals surface area contributed by atoms with Gasteiger partial charge in [0.05, 0.1) is 30.0 Å². The van der Waals surface area contributed by atoms with E-state index in [0.29, 0.717) is 18.4 Å². The monoisotopic (exact) mass is 568 g/mol. The molecule has 0 aliphatic heterocycles. The number of hydrogen-bond acceptors (Lipinski definition) is 8.